The zero-order valence-corrected chi connectivity index (χ0v) is 11.5. The molecule has 1 heterocycles. The first-order chi connectivity index (χ1) is 9.49. The van der Waals surface area contributed by atoms with E-state index in [9.17, 15) is 9.59 Å². The molecule has 1 atom stereocenters. The van der Waals surface area contributed by atoms with Gasteiger partial charge in [0, 0.05) is 26.6 Å². The number of rotatable bonds is 3. The van der Waals surface area contributed by atoms with Crippen molar-refractivity contribution in [3.05, 3.63) is 62.3 Å². The lowest BCUT2D eigenvalue weighted by molar-refractivity contribution is 0.660. The van der Waals surface area contributed by atoms with Crippen LogP contribution in [-0.4, -0.2) is 15.7 Å². The molecule has 0 saturated heterocycles. The molecule has 1 aromatic heterocycles. The van der Waals surface area contributed by atoms with Gasteiger partial charge in [-0.3, -0.25) is 13.9 Å². The van der Waals surface area contributed by atoms with E-state index >= 15 is 0 Å². The van der Waals surface area contributed by atoms with Gasteiger partial charge in [0.15, 0.2) is 0 Å². The highest BCUT2D eigenvalue weighted by molar-refractivity contribution is 5.46. The third-order valence-electron chi connectivity index (χ3n) is 3.53. The van der Waals surface area contributed by atoms with Gasteiger partial charge in [-0.25, -0.2) is 4.79 Å². The van der Waals surface area contributed by atoms with Gasteiger partial charge in [-0.1, -0.05) is 30.3 Å². The normalized spacial score (nSPS) is 12.3. The smallest absolute Gasteiger partial charge is 0.332 e. The van der Waals surface area contributed by atoms with Crippen molar-refractivity contribution in [2.24, 2.45) is 19.8 Å². The third kappa shape index (κ3) is 2.14. The predicted octanol–water partition coefficient (Wildman–Crippen LogP) is -0.243. The van der Waals surface area contributed by atoms with Gasteiger partial charge in [0.2, 0.25) is 0 Å². The van der Waals surface area contributed by atoms with Crippen molar-refractivity contribution in [3.8, 4) is 0 Å². The number of hydrogen-bond donors (Lipinski definition) is 2. The fourth-order valence-electron chi connectivity index (χ4n) is 2.32. The molecule has 0 aliphatic carbocycles. The highest BCUT2D eigenvalue weighted by atomic mass is 16.2. The van der Waals surface area contributed by atoms with Crippen molar-refractivity contribution in [3.63, 3.8) is 0 Å². The first-order valence-corrected chi connectivity index (χ1v) is 6.29. The van der Waals surface area contributed by atoms with E-state index in [1.165, 1.54) is 11.6 Å². The maximum atomic E-state index is 12.4. The van der Waals surface area contributed by atoms with Gasteiger partial charge in [0.05, 0.1) is 5.56 Å². The second kappa shape index (κ2) is 5.34. The van der Waals surface area contributed by atoms with Crippen LogP contribution < -0.4 is 22.7 Å². The topological polar surface area (TPSA) is 96.0 Å². The molecule has 0 fully saturated rings. The molecule has 0 aliphatic heterocycles. The molecular weight excluding hydrogens is 256 g/mol. The van der Waals surface area contributed by atoms with E-state index in [0.717, 1.165) is 10.1 Å². The van der Waals surface area contributed by atoms with Gasteiger partial charge >= 0.3 is 5.69 Å². The Balaban J connectivity index is 2.75. The zero-order valence-electron chi connectivity index (χ0n) is 11.5. The van der Waals surface area contributed by atoms with Crippen LogP contribution in [0.15, 0.2) is 39.9 Å². The van der Waals surface area contributed by atoms with Gasteiger partial charge in [-0.2, -0.15) is 0 Å². The van der Waals surface area contributed by atoms with Crippen LogP contribution in [0.2, 0.25) is 0 Å². The van der Waals surface area contributed by atoms with Gasteiger partial charge in [0.25, 0.3) is 5.56 Å². The van der Waals surface area contributed by atoms with Crippen LogP contribution in [0.3, 0.4) is 0 Å². The maximum absolute atomic E-state index is 12.4. The standard InChI is InChI=1S/C14H18N4O2/c1-17-12(16)11(13(19)18(2)14(17)20)10(8-15)9-6-4-3-5-7-9/h3-7,10H,8,15-16H2,1-2H3/t10-/m1/s1. The lowest BCUT2D eigenvalue weighted by Gasteiger charge is -2.19. The number of benzene rings is 1. The summed E-state index contributed by atoms with van der Waals surface area (Å²) in [5.41, 5.74) is 12.2. The SMILES string of the molecule is Cn1c(N)c([C@H](CN)c2ccccc2)c(=O)n(C)c1=O. The molecule has 4 N–H and O–H groups in total. The molecule has 106 valence electrons. The van der Waals surface area contributed by atoms with Crippen molar-refractivity contribution in [1.29, 1.82) is 0 Å². The second-order valence-corrected chi connectivity index (χ2v) is 4.70. The molecule has 6 heteroatoms. The Morgan fingerprint density at radius 3 is 2.25 bits per heavy atom. The van der Waals surface area contributed by atoms with Crippen molar-refractivity contribution in [2.45, 2.75) is 5.92 Å². The molecule has 0 amide bonds. The minimum absolute atomic E-state index is 0.164. The first kappa shape index (κ1) is 14.1. The molecule has 2 rings (SSSR count). The van der Waals surface area contributed by atoms with E-state index < -0.39 is 11.2 Å². The van der Waals surface area contributed by atoms with Crippen LogP contribution >= 0.6 is 0 Å². The summed E-state index contributed by atoms with van der Waals surface area (Å²) >= 11 is 0. The van der Waals surface area contributed by atoms with Crippen molar-refractivity contribution in [2.75, 3.05) is 12.3 Å². The summed E-state index contributed by atoms with van der Waals surface area (Å²) < 4.78 is 2.32. The Bertz CT molecular complexity index is 731. The number of hydrogen-bond acceptors (Lipinski definition) is 4. The summed E-state index contributed by atoms with van der Waals surface area (Å²) in [5.74, 6) is -0.167. The number of nitrogens with zero attached hydrogens (tertiary/aromatic N) is 2. The van der Waals surface area contributed by atoms with Crippen LogP contribution in [0.25, 0.3) is 0 Å². The van der Waals surface area contributed by atoms with Crippen molar-refractivity contribution in [1.82, 2.24) is 9.13 Å². The quantitative estimate of drug-likeness (QED) is 0.807. The summed E-state index contributed by atoms with van der Waals surface area (Å²) in [7, 11) is 2.98. The second-order valence-electron chi connectivity index (χ2n) is 4.70. The molecule has 0 saturated carbocycles. The molecular formula is C14H18N4O2. The van der Waals surface area contributed by atoms with E-state index in [1.54, 1.807) is 7.05 Å². The average molecular weight is 274 g/mol. The Labute approximate surface area is 116 Å². The molecule has 2 aromatic rings. The summed E-state index contributed by atoms with van der Waals surface area (Å²) in [6, 6.07) is 9.42. The lowest BCUT2D eigenvalue weighted by Crippen LogP contribution is -2.42. The fraction of sp³-hybridized carbons (Fsp3) is 0.286. The van der Waals surface area contributed by atoms with Crippen LogP contribution in [-0.2, 0) is 14.1 Å². The highest BCUT2D eigenvalue weighted by Gasteiger charge is 2.22. The summed E-state index contributed by atoms with van der Waals surface area (Å²) in [6.07, 6.45) is 0. The van der Waals surface area contributed by atoms with E-state index in [-0.39, 0.29) is 18.3 Å². The summed E-state index contributed by atoms with van der Waals surface area (Å²) in [4.78, 5) is 24.2. The average Bonchev–Trinajstić information content (AvgIpc) is 2.48. The molecule has 0 bridgehead atoms. The number of nitrogens with two attached hydrogens (primary N) is 2. The Morgan fingerprint density at radius 1 is 1.10 bits per heavy atom. The number of nitrogen functional groups attached to an aromatic ring is 1. The molecule has 20 heavy (non-hydrogen) atoms. The van der Waals surface area contributed by atoms with E-state index in [2.05, 4.69) is 0 Å². The van der Waals surface area contributed by atoms with E-state index in [0.29, 0.717) is 5.56 Å². The monoisotopic (exact) mass is 274 g/mol. The van der Waals surface area contributed by atoms with Crippen LogP contribution in [0.1, 0.15) is 17.0 Å². The Morgan fingerprint density at radius 2 is 1.70 bits per heavy atom. The fourth-order valence-corrected chi connectivity index (χ4v) is 2.32. The van der Waals surface area contributed by atoms with Gasteiger partial charge < -0.3 is 11.5 Å². The minimum atomic E-state index is -0.444. The molecule has 0 aliphatic rings. The third-order valence-corrected chi connectivity index (χ3v) is 3.53. The van der Waals surface area contributed by atoms with E-state index in [1.807, 2.05) is 30.3 Å². The molecule has 1 aromatic carbocycles. The molecule has 0 radical (unpaired) electrons. The van der Waals surface area contributed by atoms with E-state index in [4.69, 9.17) is 11.5 Å². The Hall–Kier alpha value is -2.34. The van der Waals surface area contributed by atoms with Crippen molar-refractivity contribution >= 4 is 5.82 Å². The summed E-state index contributed by atoms with van der Waals surface area (Å²) in [6.45, 7) is 0.238. The minimum Gasteiger partial charge on any atom is -0.385 e. The molecule has 0 spiro atoms. The molecule has 6 nitrogen and oxygen atoms in total. The van der Waals surface area contributed by atoms with Gasteiger partial charge in [-0.15, -0.1) is 0 Å². The lowest BCUT2D eigenvalue weighted by atomic mass is 9.92. The van der Waals surface area contributed by atoms with Crippen molar-refractivity contribution < 1.29 is 0 Å². The predicted molar refractivity (Wildman–Crippen MR) is 78.7 cm³/mol. The first-order valence-electron chi connectivity index (χ1n) is 6.29. The number of aromatic nitrogens is 2. The van der Waals surface area contributed by atoms with Crippen LogP contribution in [0, 0.1) is 0 Å². The van der Waals surface area contributed by atoms with Crippen LogP contribution in [0.4, 0.5) is 5.82 Å². The summed E-state index contributed by atoms with van der Waals surface area (Å²) in [5, 5.41) is 0. The maximum Gasteiger partial charge on any atom is 0.332 e. The van der Waals surface area contributed by atoms with Crippen LogP contribution in [0.5, 0.6) is 0 Å². The number of anilines is 1. The largest absolute Gasteiger partial charge is 0.385 e. The zero-order chi connectivity index (χ0) is 14.9. The van der Waals surface area contributed by atoms with Gasteiger partial charge in [-0.05, 0) is 5.56 Å². The van der Waals surface area contributed by atoms with Gasteiger partial charge in [0.1, 0.15) is 5.82 Å². The Kier molecular flexibility index (Phi) is 3.76. The molecule has 0 unspecified atom stereocenters. The highest BCUT2D eigenvalue weighted by Crippen LogP contribution is 2.24.